The zero-order valence-corrected chi connectivity index (χ0v) is 12.2. The molecule has 0 unspecified atom stereocenters. The molecule has 2 aromatic carbocycles. The van der Waals surface area contributed by atoms with Crippen molar-refractivity contribution < 1.29 is 24.4 Å². The molecule has 2 aromatic rings. The first-order chi connectivity index (χ1) is 11.1. The number of ketones is 2. The molecule has 0 radical (unpaired) electrons. The number of carbonyl (C=O) groups is 2. The van der Waals surface area contributed by atoms with E-state index in [0.29, 0.717) is 22.6 Å². The molecule has 0 saturated heterocycles. The van der Waals surface area contributed by atoms with Crippen LogP contribution in [-0.2, 0) is 5.04 Å². The molecular formula is C18H14O5. The van der Waals surface area contributed by atoms with Gasteiger partial charge in [0.05, 0.1) is 0 Å². The van der Waals surface area contributed by atoms with Gasteiger partial charge in [-0.25, -0.2) is 0 Å². The summed E-state index contributed by atoms with van der Waals surface area (Å²) in [5.41, 5.74) is 0.992. The summed E-state index contributed by atoms with van der Waals surface area (Å²) in [4.78, 5) is 32.6. The van der Waals surface area contributed by atoms with Gasteiger partial charge in [0.25, 0.3) is 0 Å². The molecular weight excluding hydrogens is 296 g/mol. The summed E-state index contributed by atoms with van der Waals surface area (Å²) in [7, 11) is 0. The zero-order chi connectivity index (χ0) is 16.7. The van der Waals surface area contributed by atoms with Crippen LogP contribution in [0.4, 0.5) is 0 Å². The van der Waals surface area contributed by atoms with Gasteiger partial charge in [-0.15, -0.1) is 0 Å². The van der Waals surface area contributed by atoms with E-state index >= 15 is 0 Å². The standard InChI is InChI=1S/C18H14O5/c1-3-17(19)13-5-9-15(10-6-13)21-23-22-16-11-7-14(8-12-16)18(20)4-2/h3-12H,1-2H2. The van der Waals surface area contributed by atoms with E-state index in [0.717, 1.165) is 0 Å². The molecule has 0 atom stereocenters. The van der Waals surface area contributed by atoms with E-state index in [2.05, 4.69) is 18.2 Å². The average molecular weight is 310 g/mol. The summed E-state index contributed by atoms with van der Waals surface area (Å²) in [5, 5.41) is 4.65. The van der Waals surface area contributed by atoms with E-state index in [-0.39, 0.29) is 11.6 Å². The van der Waals surface area contributed by atoms with E-state index in [1.807, 2.05) is 0 Å². The van der Waals surface area contributed by atoms with E-state index < -0.39 is 0 Å². The fourth-order valence-corrected chi connectivity index (χ4v) is 1.68. The minimum Gasteiger partial charge on any atom is -0.299 e. The van der Waals surface area contributed by atoms with Crippen LogP contribution < -0.4 is 9.78 Å². The van der Waals surface area contributed by atoms with Crippen molar-refractivity contribution in [1.29, 1.82) is 0 Å². The Morgan fingerprint density at radius 1 is 0.696 bits per heavy atom. The Bertz CT molecular complexity index is 651. The Hall–Kier alpha value is -3.18. The van der Waals surface area contributed by atoms with Gasteiger partial charge in [-0.05, 0) is 60.7 Å². The van der Waals surface area contributed by atoms with Crippen LogP contribution in [0.3, 0.4) is 0 Å². The monoisotopic (exact) mass is 310 g/mol. The predicted molar refractivity (Wildman–Crippen MR) is 84.3 cm³/mol. The molecule has 0 aliphatic carbocycles. The molecule has 0 heterocycles. The summed E-state index contributed by atoms with van der Waals surface area (Å²) in [6.07, 6.45) is 2.46. The lowest BCUT2D eigenvalue weighted by atomic mass is 10.1. The number of rotatable bonds is 8. The molecule has 0 saturated carbocycles. The second kappa shape index (κ2) is 7.72. The van der Waals surface area contributed by atoms with Gasteiger partial charge in [-0.2, -0.15) is 0 Å². The van der Waals surface area contributed by atoms with Crippen LogP contribution in [-0.4, -0.2) is 11.6 Å². The van der Waals surface area contributed by atoms with Crippen LogP contribution in [0.5, 0.6) is 11.5 Å². The highest BCUT2D eigenvalue weighted by Gasteiger charge is 2.04. The van der Waals surface area contributed by atoms with Crippen molar-refractivity contribution in [2.24, 2.45) is 0 Å². The van der Waals surface area contributed by atoms with Crippen LogP contribution in [0.25, 0.3) is 0 Å². The van der Waals surface area contributed by atoms with Gasteiger partial charge in [0, 0.05) is 16.2 Å². The summed E-state index contributed by atoms with van der Waals surface area (Å²) in [6, 6.07) is 12.6. The quantitative estimate of drug-likeness (QED) is 0.322. The topological polar surface area (TPSA) is 61.8 Å². The predicted octanol–water partition coefficient (Wildman–Crippen LogP) is 3.73. The molecule has 0 aromatic heterocycles. The number of benzene rings is 2. The second-order valence-electron chi connectivity index (χ2n) is 4.42. The lowest BCUT2D eigenvalue weighted by Crippen LogP contribution is -2.03. The van der Waals surface area contributed by atoms with Gasteiger partial charge in [0.15, 0.2) is 23.1 Å². The highest BCUT2D eigenvalue weighted by molar-refractivity contribution is 6.04. The Balaban J connectivity index is 1.87. The fourth-order valence-electron chi connectivity index (χ4n) is 1.68. The first-order valence-corrected chi connectivity index (χ1v) is 6.69. The van der Waals surface area contributed by atoms with Gasteiger partial charge in [0.2, 0.25) is 0 Å². The maximum absolute atomic E-state index is 11.4. The summed E-state index contributed by atoms with van der Waals surface area (Å²) in [6.45, 7) is 6.83. The maximum atomic E-state index is 11.4. The molecule has 23 heavy (non-hydrogen) atoms. The third kappa shape index (κ3) is 4.39. The molecule has 0 aliphatic heterocycles. The summed E-state index contributed by atoms with van der Waals surface area (Å²) < 4.78 is 0. The van der Waals surface area contributed by atoms with Crippen LogP contribution >= 0.6 is 0 Å². The van der Waals surface area contributed by atoms with Crippen molar-refractivity contribution in [3.63, 3.8) is 0 Å². The van der Waals surface area contributed by atoms with Gasteiger partial charge in [-0.1, -0.05) is 13.2 Å². The first kappa shape index (κ1) is 16.2. The molecule has 116 valence electrons. The summed E-state index contributed by atoms with van der Waals surface area (Å²) >= 11 is 0. The van der Waals surface area contributed by atoms with Crippen molar-refractivity contribution in [3.8, 4) is 11.5 Å². The number of allylic oxidation sites excluding steroid dienone is 2. The highest BCUT2D eigenvalue weighted by Crippen LogP contribution is 2.16. The van der Waals surface area contributed by atoms with Crippen LogP contribution in [0.2, 0.25) is 0 Å². The minimum absolute atomic E-state index is 0.178. The molecule has 0 fully saturated rings. The fraction of sp³-hybridized carbons (Fsp3) is 0. The number of hydrogen-bond acceptors (Lipinski definition) is 5. The molecule has 5 heteroatoms. The van der Waals surface area contributed by atoms with Crippen molar-refractivity contribution in [2.75, 3.05) is 0 Å². The van der Waals surface area contributed by atoms with E-state index in [9.17, 15) is 9.59 Å². The van der Waals surface area contributed by atoms with E-state index in [1.54, 1.807) is 48.5 Å². The zero-order valence-electron chi connectivity index (χ0n) is 12.2. The first-order valence-electron chi connectivity index (χ1n) is 6.69. The smallest absolute Gasteiger partial charge is 0.185 e. The Labute approximate surface area is 133 Å². The maximum Gasteiger partial charge on any atom is 0.185 e. The molecule has 0 bridgehead atoms. The van der Waals surface area contributed by atoms with E-state index in [4.69, 9.17) is 9.78 Å². The Morgan fingerprint density at radius 3 is 1.35 bits per heavy atom. The molecule has 0 N–H and O–H groups in total. The number of carbonyl (C=O) groups excluding carboxylic acids is 2. The minimum atomic E-state index is -0.178. The Kier molecular flexibility index (Phi) is 5.44. The van der Waals surface area contributed by atoms with Gasteiger partial charge in [0.1, 0.15) is 0 Å². The summed E-state index contributed by atoms with van der Waals surface area (Å²) in [5.74, 6) is 0.374. The molecule has 0 spiro atoms. The molecule has 5 nitrogen and oxygen atoms in total. The van der Waals surface area contributed by atoms with Crippen molar-refractivity contribution >= 4 is 11.6 Å². The molecule has 0 aliphatic rings. The van der Waals surface area contributed by atoms with Gasteiger partial charge < -0.3 is 0 Å². The van der Waals surface area contributed by atoms with Crippen LogP contribution in [0, 0.1) is 0 Å². The third-order valence-corrected chi connectivity index (χ3v) is 2.91. The Morgan fingerprint density at radius 2 is 1.04 bits per heavy atom. The largest absolute Gasteiger partial charge is 0.299 e. The van der Waals surface area contributed by atoms with Crippen molar-refractivity contribution in [3.05, 3.63) is 85.0 Å². The lowest BCUT2D eigenvalue weighted by Gasteiger charge is -2.05. The normalized spacial score (nSPS) is 9.74. The van der Waals surface area contributed by atoms with Gasteiger partial charge in [-0.3, -0.25) is 19.4 Å². The SMILES string of the molecule is C=CC(=O)c1ccc(OOOc2ccc(C(=O)C=C)cc2)cc1. The van der Waals surface area contributed by atoms with Gasteiger partial charge >= 0.3 is 0 Å². The van der Waals surface area contributed by atoms with Crippen molar-refractivity contribution in [1.82, 2.24) is 0 Å². The third-order valence-electron chi connectivity index (χ3n) is 2.91. The molecule has 2 rings (SSSR count). The van der Waals surface area contributed by atoms with E-state index in [1.165, 1.54) is 12.2 Å². The van der Waals surface area contributed by atoms with Crippen LogP contribution in [0.1, 0.15) is 20.7 Å². The molecule has 0 amide bonds. The number of hydrogen-bond donors (Lipinski definition) is 0. The van der Waals surface area contributed by atoms with Crippen LogP contribution in [0.15, 0.2) is 73.8 Å². The second-order valence-corrected chi connectivity index (χ2v) is 4.42. The average Bonchev–Trinajstić information content (AvgIpc) is 2.61. The lowest BCUT2D eigenvalue weighted by molar-refractivity contribution is -0.411. The highest BCUT2D eigenvalue weighted by atomic mass is 17.5. The van der Waals surface area contributed by atoms with Crippen molar-refractivity contribution in [2.45, 2.75) is 0 Å².